The van der Waals surface area contributed by atoms with Gasteiger partial charge >= 0.3 is 0 Å². The summed E-state index contributed by atoms with van der Waals surface area (Å²) in [5.74, 6) is 2.47. The lowest BCUT2D eigenvalue weighted by molar-refractivity contribution is 0.502. The second-order valence-electron chi connectivity index (χ2n) is 6.67. The molecule has 1 aromatic heterocycles. The molecule has 1 aromatic carbocycles. The van der Waals surface area contributed by atoms with Gasteiger partial charge in [0.2, 0.25) is 0 Å². The fourth-order valence-electron chi connectivity index (χ4n) is 3.31. The monoisotopic (exact) mass is 295 g/mol. The Bertz CT molecular complexity index is 569. The lowest BCUT2D eigenvalue weighted by Gasteiger charge is -2.33. The quantitative estimate of drug-likeness (QED) is 0.851. The van der Waals surface area contributed by atoms with Gasteiger partial charge in [0.1, 0.15) is 12.1 Å². The van der Waals surface area contributed by atoms with E-state index in [9.17, 15) is 0 Å². The van der Waals surface area contributed by atoms with Crippen molar-refractivity contribution in [1.29, 1.82) is 0 Å². The summed E-state index contributed by atoms with van der Waals surface area (Å²) in [7, 11) is 0. The average Bonchev–Trinajstić information content (AvgIpc) is 2.56. The van der Waals surface area contributed by atoms with Crippen LogP contribution >= 0.6 is 0 Å². The normalized spacial score (nSPS) is 16.2. The number of anilines is 1. The highest BCUT2D eigenvalue weighted by Crippen LogP contribution is 2.30. The Morgan fingerprint density at radius 2 is 1.82 bits per heavy atom. The molecular weight excluding hydrogens is 270 g/mol. The third kappa shape index (κ3) is 3.65. The maximum absolute atomic E-state index is 4.35. The summed E-state index contributed by atoms with van der Waals surface area (Å²) >= 11 is 0. The molecule has 1 aliphatic rings. The molecule has 0 radical (unpaired) electrons. The Labute approximate surface area is 133 Å². The maximum Gasteiger partial charge on any atom is 0.131 e. The van der Waals surface area contributed by atoms with Crippen LogP contribution in [0, 0.1) is 5.92 Å². The van der Waals surface area contributed by atoms with Gasteiger partial charge in [-0.1, -0.05) is 38.1 Å². The summed E-state index contributed by atoms with van der Waals surface area (Å²) in [6.07, 6.45) is 7.03. The van der Waals surface area contributed by atoms with Crippen LogP contribution < -0.4 is 4.90 Å². The Balaban J connectivity index is 1.59. The summed E-state index contributed by atoms with van der Waals surface area (Å²) in [5.41, 5.74) is 2.95. The number of piperidine rings is 1. The number of aromatic nitrogens is 2. The fourth-order valence-corrected chi connectivity index (χ4v) is 3.31. The van der Waals surface area contributed by atoms with E-state index < -0.39 is 0 Å². The molecule has 2 aromatic rings. The highest BCUT2D eigenvalue weighted by atomic mass is 15.2. The van der Waals surface area contributed by atoms with Crippen molar-refractivity contribution in [3.05, 3.63) is 54.0 Å². The molecule has 0 amide bonds. The van der Waals surface area contributed by atoms with Gasteiger partial charge in [0.25, 0.3) is 0 Å². The zero-order chi connectivity index (χ0) is 15.4. The Morgan fingerprint density at radius 1 is 1.09 bits per heavy atom. The smallest absolute Gasteiger partial charge is 0.131 e. The van der Waals surface area contributed by atoms with E-state index in [4.69, 9.17) is 0 Å². The van der Waals surface area contributed by atoms with Gasteiger partial charge in [-0.3, -0.25) is 0 Å². The molecule has 1 saturated heterocycles. The second-order valence-corrected chi connectivity index (χ2v) is 6.67. The first-order chi connectivity index (χ1) is 10.7. The predicted molar refractivity (Wildman–Crippen MR) is 91.2 cm³/mol. The number of nitrogens with zero attached hydrogens (tertiary/aromatic N) is 3. The van der Waals surface area contributed by atoms with Gasteiger partial charge < -0.3 is 4.90 Å². The largest absolute Gasteiger partial charge is 0.356 e. The molecule has 1 aliphatic heterocycles. The first-order valence-corrected chi connectivity index (χ1v) is 8.32. The van der Waals surface area contributed by atoms with Crippen molar-refractivity contribution in [2.45, 2.75) is 39.0 Å². The zero-order valence-electron chi connectivity index (χ0n) is 13.6. The highest BCUT2D eigenvalue weighted by Gasteiger charge is 2.21. The average molecular weight is 295 g/mol. The maximum atomic E-state index is 4.35. The van der Waals surface area contributed by atoms with Crippen LogP contribution in [-0.4, -0.2) is 23.1 Å². The number of rotatable bonds is 4. The third-order valence-electron chi connectivity index (χ3n) is 4.48. The first-order valence-electron chi connectivity index (χ1n) is 8.32. The molecule has 0 bridgehead atoms. The van der Waals surface area contributed by atoms with E-state index in [1.165, 1.54) is 30.4 Å². The van der Waals surface area contributed by atoms with Crippen molar-refractivity contribution in [1.82, 2.24) is 9.97 Å². The van der Waals surface area contributed by atoms with Crippen molar-refractivity contribution in [3.63, 3.8) is 0 Å². The van der Waals surface area contributed by atoms with Crippen molar-refractivity contribution in [2.75, 3.05) is 18.0 Å². The van der Waals surface area contributed by atoms with Gasteiger partial charge in [-0.15, -0.1) is 0 Å². The van der Waals surface area contributed by atoms with Crippen LogP contribution in [0.25, 0.3) is 0 Å². The first kappa shape index (κ1) is 15.0. The van der Waals surface area contributed by atoms with E-state index in [-0.39, 0.29) is 0 Å². The second kappa shape index (κ2) is 6.91. The van der Waals surface area contributed by atoms with E-state index >= 15 is 0 Å². The number of hydrogen-bond acceptors (Lipinski definition) is 3. The summed E-state index contributed by atoms with van der Waals surface area (Å²) in [4.78, 5) is 10.7. The molecule has 0 atom stereocenters. The van der Waals surface area contributed by atoms with Gasteiger partial charge in [-0.25, -0.2) is 9.97 Å². The SMILES string of the molecule is CC(C)Cc1ccc(C2CCN(c3ccncn3)CC2)cc1. The Hall–Kier alpha value is -1.90. The summed E-state index contributed by atoms with van der Waals surface area (Å²) < 4.78 is 0. The minimum Gasteiger partial charge on any atom is -0.356 e. The van der Waals surface area contributed by atoms with E-state index in [0.29, 0.717) is 5.92 Å². The van der Waals surface area contributed by atoms with Crippen molar-refractivity contribution in [3.8, 4) is 0 Å². The van der Waals surface area contributed by atoms with Gasteiger partial charge in [-0.05, 0) is 48.3 Å². The van der Waals surface area contributed by atoms with Crippen LogP contribution in [0.4, 0.5) is 5.82 Å². The Kier molecular flexibility index (Phi) is 4.71. The zero-order valence-corrected chi connectivity index (χ0v) is 13.6. The lowest BCUT2D eigenvalue weighted by Crippen LogP contribution is -2.33. The van der Waals surface area contributed by atoms with E-state index in [2.05, 4.69) is 53.0 Å². The van der Waals surface area contributed by atoms with Crippen molar-refractivity contribution >= 4 is 5.82 Å². The van der Waals surface area contributed by atoms with Crippen molar-refractivity contribution < 1.29 is 0 Å². The van der Waals surface area contributed by atoms with Crippen LogP contribution in [0.2, 0.25) is 0 Å². The molecule has 2 heterocycles. The van der Waals surface area contributed by atoms with E-state index in [0.717, 1.165) is 24.8 Å². The molecule has 0 unspecified atom stereocenters. The predicted octanol–water partition coefficient (Wildman–Crippen LogP) is 4.06. The number of hydrogen-bond donors (Lipinski definition) is 0. The van der Waals surface area contributed by atoms with Crippen LogP contribution in [-0.2, 0) is 6.42 Å². The van der Waals surface area contributed by atoms with Gasteiger partial charge in [0.15, 0.2) is 0 Å². The molecule has 3 nitrogen and oxygen atoms in total. The molecule has 116 valence electrons. The third-order valence-corrected chi connectivity index (χ3v) is 4.48. The summed E-state index contributed by atoms with van der Waals surface area (Å²) in [5, 5.41) is 0. The summed E-state index contributed by atoms with van der Waals surface area (Å²) in [6.45, 7) is 6.71. The molecule has 1 fully saturated rings. The fraction of sp³-hybridized carbons (Fsp3) is 0.474. The molecule has 3 heteroatoms. The molecule has 3 rings (SSSR count). The summed E-state index contributed by atoms with van der Waals surface area (Å²) in [6, 6.07) is 11.3. The number of benzene rings is 1. The molecule has 0 spiro atoms. The minimum atomic E-state index is 0.686. The van der Waals surface area contributed by atoms with Crippen molar-refractivity contribution in [2.24, 2.45) is 5.92 Å². The van der Waals surface area contributed by atoms with Gasteiger partial charge in [0.05, 0.1) is 0 Å². The minimum absolute atomic E-state index is 0.686. The van der Waals surface area contributed by atoms with E-state index in [1.54, 1.807) is 6.33 Å². The van der Waals surface area contributed by atoms with Crippen LogP contribution in [0.15, 0.2) is 42.9 Å². The van der Waals surface area contributed by atoms with Crippen LogP contribution in [0.1, 0.15) is 43.7 Å². The van der Waals surface area contributed by atoms with Crippen LogP contribution in [0.5, 0.6) is 0 Å². The van der Waals surface area contributed by atoms with Crippen LogP contribution in [0.3, 0.4) is 0 Å². The molecular formula is C19H25N3. The molecule has 0 N–H and O–H groups in total. The van der Waals surface area contributed by atoms with E-state index in [1.807, 2.05) is 12.3 Å². The lowest BCUT2D eigenvalue weighted by atomic mass is 9.88. The topological polar surface area (TPSA) is 29.0 Å². The molecule has 22 heavy (non-hydrogen) atoms. The van der Waals surface area contributed by atoms with Gasteiger partial charge in [0, 0.05) is 19.3 Å². The Morgan fingerprint density at radius 3 is 2.41 bits per heavy atom. The molecule has 0 saturated carbocycles. The van der Waals surface area contributed by atoms with Gasteiger partial charge in [-0.2, -0.15) is 0 Å². The standard InChI is InChI=1S/C19H25N3/c1-15(2)13-16-3-5-17(6-4-16)18-8-11-22(12-9-18)19-7-10-20-14-21-19/h3-7,10,14-15,18H,8-9,11-13H2,1-2H3. The molecule has 0 aliphatic carbocycles. The highest BCUT2D eigenvalue weighted by molar-refractivity contribution is 5.38.